The lowest BCUT2D eigenvalue weighted by atomic mass is 9.87. The minimum absolute atomic E-state index is 0.0598. The first-order valence-corrected chi connectivity index (χ1v) is 13.7. The number of anilines is 1. The van der Waals surface area contributed by atoms with Crippen LogP contribution in [-0.4, -0.2) is 40.4 Å². The molecule has 190 valence electrons. The summed E-state index contributed by atoms with van der Waals surface area (Å²) >= 11 is 7.95. The third-order valence-corrected chi connectivity index (χ3v) is 7.56. The van der Waals surface area contributed by atoms with Crippen LogP contribution in [-0.2, 0) is 15.0 Å². The van der Waals surface area contributed by atoms with Crippen molar-refractivity contribution in [3.05, 3.63) is 75.9 Å². The number of thioether (sulfide) groups is 1. The quantitative estimate of drug-likeness (QED) is 0.440. The fourth-order valence-corrected chi connectivity index (χ4v) is 5.80. The Labute approximate surface area is 222 Å². The van der Waals surface area contributed by atoms with E-state index in [0.29, 0.717) is 17.4 Å². The van der Waals surface area contributed by atoms with Crippen LogP contribution in [0.4, 0.5) is 5.82 Å². The van der Waals surface area contributed by atoms with Crippen LogP contribution in [0.5, 0.6) is 0 Å². The molecule has 2 heterocycles. The van der Waals surface area contributed by atoms with E-state index in [-0.39, 0.29) is 34.8 Å². The van der Waals surface area contributed by atoms with E-state index in [9.17, 15) is 9.59 Å². The van der Waals surface area contributed by atoms with Crippen LogP contribution < -0.4 is 10.2 Å². The van der Waals surface area contributed by atoms with Crippen molar-refractivity contribution in [2.45, 2.75) is 51.7 Å². The second-order valence-electron chi connectivity index (χ2n) is 10.2. The molecule has 6 nitrogen and oxygen atoms in total. The van der Waals surface area contributed by atoms with Gasteiger partial charge in [0.25, 0.3) is 0 Å². The highest BCUT2D eigenvalue weighted by molar-refractivity contribution is 8.00. The average molecular weight is 525 g/mol. The molecule has 0 bridgehead atoms. The Morgan fingerprint density at radius 3 is 2.61 bits per heavy atom. The topological polar surface area (TPSA) is 67.2 Å². The maximum Gasteiger partial charge on any atom is 0.240 e. The molecule has 36 heavy (non-hydrogen) atoms. The molecule has 1 N–H and O–H groups in total. The van der Waals surface area contributed by atoms with Crippen molar-refractivity contribution < 1.29 is 9.59 Å². The van der Waals surface area contributed by atoms with Gasteiger partial charge in [-0.2, -0.15) is 5.10 Å². The molecule has 0 spiro atoms. The molecule has 4 rings (SSSR count). The van der Waals surface area contributed by atoms with E-state index < -0.39 is 0 Å². The summed E-state index contributed by atoms with van der Waals surface area (Å²) in [5, 5.41) is 8.51. The van der Waals surface area contributed by atoms with Crippen molar-refractivity contribution in [2.24, 2.45) is 0 Å². The van der Waals surface area contributed by atoms with Gasteiger partial charge in [-0.15, -0.1) is 11.8 Å². The number of aryl methyl sites for hydroxylation is 1. The van der Waals surface area contributed by atoms with E-state index in [1.807, 2.05) is 67.1 Å². The molecular weight excluding hydrogens is 492 g/mol. The van der Waals surface area contributed by atoms with E-state index in [4.69, 9.17) is 16.7 Å². The third-order valence-electron chi connectivity index (χ3n) is 6.07. The number of aromatic nitrogens is 2. The van der Waals surface area contributed by atoms with Crippen molar-refractivity contribution in [1.82, 2.24) is 15.1 Å². The summed E-state index contributed by atoms with van der Waals surface area (Å²) in [6.45, 7) is 10.9. The Kier molecular flexibility index (Phi) is 7.81. The second kappa shape index (κ2) is 10.7. The molecular formula is C28H33ClN4O2S. The number of nitrogens with one attached hydrogen (secondary N) is 1. The average Bonchev–Trinajstić information content (AvgIpc) is 3.16. The summed E-state index contributed by atoms with van der Waals surface area (Å²) in [6.07, 6.45) is 0.826. The van der Waals surface area contributed by atoms with E-state index in [1.165, 1.54) is 0 Å². The lowest BCUT2D eigenvalue weighted by molar-refractivity contribution is -0.122. The van der Waals surface area contributed by atoms with Crippen LogP contribution in [0.25, 0.3) is 5.69 Å². The number of hydrogen-bond acceptors (Lipinski definition) is 4. The maximum absolute atomic E-state index is 13.6. The van der Waals surface area contributed by atoms with Gasteiger partial charge in [0.2, 0.25) is 11.8 Å². The minimum atomic E-state index is -0.305. The Morgan fingerprint density at radius 1 is 1.19 bits per heavy atom. The van der Waals surface area contributed by atoms with E-state index in [2.05, 4.69) is 26.1 Å². The van der Waals surface area contributed by atoms with E-state index in [1.54, 1.807) is 16.7 Å². The van der Waals surface area contributed by atoms with Crippen LogP contribution >= 0.6 is 23.4 Å². The SMILES string of the molecule is CCCNC(=O)CN1C(=O)CSC(c2cccc(Cl)c2)c2c(C(C)(C)C)nn(-c3cccc(C)c3)c21. The predicted molar refractivity (Wildman–Crippen MR) is 148 cm³/mol. The van der Waals surface area contributed by atoms with Crippen LogP contribution in [0.2, 0.25) is 5.02 Å². The third kappa shape index (κ3) is 5.47. The van der Waals surface area contributed by atoms with Gasteiger partial charge >= 0.3 is 0 Å². The molecule has 8 heteroatoms. The molecule has 0 fully saturated rings. The van der Waals surface area contributed by atoms with Gasteiger partial charge in [-0.25, -0.2) is 4.68 Å². The zero-order chi connectivity index (χ0) is 26.0. The fourth-order valence-electron chi connectivity index (χ4n) is 4.41. The van der Waals surface area contributed by atoms with Gasteiger partial charge in [0.15, 0.2) is 0 Å². The number of fused-ring (bicyclic) bond motifs is 1. The van der Waals surface area contributed by atoms with Crippen molar-refractivity contribution in [1.29, 1.82) is 0 Å². The molecule has 2 amide bonds. The summed E-state index contributed by atoms with van der Waals surface area (Å²) in [6, 6.07) is 15.8. The summed E-state index contributed by atoms with van der Waals surface area (Å²) in [5.74, 6) is 0.588. The molecule has 2 aromatic carbocycles. The molecule has 1 atom stereocenters. The molecule has 0 saturated heterocycles. The molecule has 0 radical (unpaired) electrons. The lowest BCUT2D eigenvalue weighted by Crippen LogP contribution is -2.42. The van der Waals surface area contributed by atoms with Gasteiger partial charge in [0.1, 0.15) is 12.4 Å². The van der Waals surface area contributed by atoms with Gasteiger partial charge in [-0.3, -0.25) is 14.5 Å². The molecule has 1 aliphatic rings. The Morgan fingerprint density at radius 2 is 1.94 bits per heavy atom. The smallest absolute Gasteiger partial charge is 0.240 e. The first-order chi connectivity index (χ1) is 17.1. The highest BCUT2D eigenvalue weighted by atomic mass is 35.5. The standard InChI is InChI=1S/C28H33ClN4O2S/c1-6-13-30-22(34)16-32-23(35)17-36-25(19-10-8-11-20(29)15-19)24-26(28(3,4)5)31-33(27(24)32)21-12-7-9-18(2)14-21/h7-12,14-15,25H,6,13,16-17H2,1-5H3,(H,30,34). The monoisotopic (exact) mass is 524 g/mol. The summed E-state index contributed by atoms with van der Waals surface area (Å²) < 4.78 is 1.84. The van der Waals surface area contributed by atoms with Crippen molar-refractivity contribution >= 4 is 41.0 Å². The molecule has 1 aromatic heterocycles. The number of hydrogen-bond donors (Lipinski definition) is 1. The molecule has 0 aliphatic carbocycles. The highest BCUT2D eigenvalue weighted by Crippen LogP contribution is 2.48. The van der Waals surface area contributed by atoms with Crippen molar-refractivity contribution in [3.8, 4) is 5.69 Å². The van der Waals surface area contributed by atoms with Gasteiger partial charge < -0.3 is 5.32 Å². The first kappa shape index (κ1) is 26.3. The normalized spacial score (nSPS) is 16.0. The summed E-state index contributed by atoms with van der Waals surface area (Å²) in [7, 11) is 0. The van der Waals surface area contributed by atoms with Crippen molar-refractivity contribution in [2.75, 3.05) is 23.7 Å². The summed E-state index contributed by atoms with van der Waals surface area (Å²) in [5.41, 5.74) is 4.48. The van der Waals surface area contributed by atoms with Gasteiger partial charge in [-0.05, 0) is 48.7 Å². The van der Waals surface area contributed by atoms with Gasteiger partial charge in [0, 0.05) is 22.5 Å². The number of carbonyl (C=O) groups excluding carboxylic acids is 2. The Bertz CT molecular complexity index is 1280. The first-order valence-electron chi connectivity index (χ1n) is 12.2. The largest absolute Gasteiger partial charge is 0.355 e. The van der Waals surface area contributed by atoms with E-state index in [0.717, 1.165) is 34.5 Å². The van der Waals surface area contributed by atoms with E-state index >= 15 is 0 Å². The van der Waals surface area contributed by atoms with Crippen molar-refractivity contribution in [3.63, 3.8) is 0 Å². The van der Waals surface area contributed by atoms with Crippen LogP contribution in [0, 0.1) is 6.92 Å². The number of nitrogens with zero attached hydrogens (tertiary/aromatic N) is 3. The van der Waals surface area contributed by atoms with Crippen LogP contribution in [0.1, 0.15) is 61.7 Å². The predicted octanol–water partition coefficient (Wildman–Crippen LogP) is 5.83. The van der Waals surface area contributed by atoms with Crippen LogP contribution in [0.15, 0.2) is 48.5 Å². The number of halogens is 1. The molecule has 0 saturated carbocycles. The molecule has 3 aromatic rings. The molecule has 1 unspecified atom stereocenters. The zero-order valence-electron chi connectivity index (χ0n) is 21.5. The number of benzene rings is 2. The Balaban J connectivity index is 2.00. The number of carbonyl (C=O) groups is 2. The highest BCUT2D eigenvalue weighted by Gasteiger charge is 2.39. The number of amides is 2. The maximum atomic E-state index is 13.6. The fraction of sp³-hybridized carbons (Fsp3) is 0.393. The summed E-state index contributed by atoms with van der Waals surface area (Å²) in [4.78, 5) is 28.1. The zero-order valence-corrected chi connectivity index (χ0v) is 23.0. The Hall–Kier alpha value is -2.77. The second-order valence-corrected chi connectivity index (χ2v) is 11.7. The minimum Gasteiger partial charge on any atom is -0.355 e. The van der Waals surface area contributed by atoms with Gasteiger partial charge in [-0.1, -0.05) is 63.6 Å². The van der Waals surface area contributed by atoms with Gasteiger partial charge in [0.05, 0.1) is 22.4 Å². The van der Waals surface area contributed by atoms with Crippen LogP contribution in [0.3, 0.4) is 0 Å². The lowest BCUT2D eigenvalue weighted by Gasteiger charge is -2.24. The molecule has 1 aliphatic heterocycles. The number of rotatable bonds is 6.